The Balaban J connectivity index is 1.52. The molecule has 226 valence electrons. The number of hydrogen-bond acceptors (Lipinski definition) is 4. The Kier molecular flexibility index (Phi) is 6.83. The number of hydrogen-bond donors (Lipinski definition) is 1. The van der Waals surface area contributed by atoms with Crippen LogP contribution < -0.4 is 16.1 Å². The molecule has 0 saturated carbocycles. The van der Waals surface area contributed by atoms with E-state index in [1.54, 1.807) is 0 Å². The second kappa shape index (κ2) is 10.2. The first-order chi connectivity index (χ1) is 20.8. The molecule has 0 fully saturated rings. The van der Waals surface area contributed by atoms with E-state index in [1.807, 2.05) is 0 Å². The van der Waals surface area contributed by atoms with Gasteiger partial charge >= 0.3 is 5.69 Å². The largest absolute Gasteiger partial charge is 0.494 e. The molecule has 3 aliphatic rings. The fraction of sp³-hybridized carbons (Fsp3) is 0.324. The predicted octanol–water partition coefficient (Wildman–Crippen LogP) is 5.84. The molecule has 0 radical (unpaired) electrons. The van der Waals surface area contributed by atoms with Gasteiger partial charge in [0, 0.05) is 55.6 Å². The Bertz CT molecular complexity index is 2010. The van der Waals surface area contributed by atoms with Crippen LogP contribution in [0.3, 0.4) is 0 Å². The number of para-hydroxylation sites is 2. The molecule has 6 rings (SSSR count). The first kappa shape index (κ1) is 29.4. The van der Waals surface area contributed by atoms with Gasteiger partial charge in [0.1, 0.15) is 12.6 Å². The molecule has 2 aliphatic heterocycles. The Morgan fingerprint density at radius 3 is 2.16 bits per heavy atom. The maximum atomic E-state index is 13.6. The third-order valence-corrected chi connectivity index (χ3v) is 9.96. The molecule has 0 unspecified atom stereocenters. The molecule has 0 saturated heterocycles. The number of likely N-dealkylation sites (N-methyl/N-ethyl adjacent to an activating group) is 1. The van der Waals surface area contributed by atoms with Gasteiger partial charge in [-0.15, -0.1) is 0 Å². The normalized spacial score (nSPS) is 20.5. The van der Waals surface area contributed by atoms with E-state index >= 15 is 0 Å². The number of anilines is 1. The van der Waals surface area contributed by atoms with Crippen molar-refractivity contribution >= 4 is 22.7 Å². The fourth-order valence-corrected chi connectivity index (χ4v) is 7.39. The summed E-state index contributed by atoms with van der Waals surface area (Å²) >= 11 is 0. The van der Waals surface area contributed by atoms with E-state index in [1.165, 1.54) is 36.6 Å². The highest BCUT2D eigenvalue weighted by molar-refractivity contribution is 6.03. The summed E-state index contributed by atoms with van der Waals surface area (Å²) in [6, 6.07) is 16.9. The van der Waals surface area contributed by atoms with Gasteiger partial charge in [-0.25, -0.2) is 4.79 Å². The molecule has 0 atom stereocenters. The number of aromatic nitrogens is 2. The first-order valence-corrected chi connectivity index (χ1v) is 15.1. The lowest BCUT2D eigenvalue weighted by molar-refractivity contribution is -0.401. The Morgan fingerprint density at radius 2 is 1.48 bits per heavy atom. The lowest BCUT2D eigenvalue weighted by atomic mass is 9.81. The number of allylic oxidation sites excluding steroid dienone is 8. The molecular formula is C37H41N4O3+. The van der Waals surface area contributed by atoms with Crippen molar-refractivity contribution in [2.45, 2.75) is 51.4 Å². The van der Waals surface area contributed by atoms with Crippen molar-refractivity contribution in [1.82, 2.24) is 9.13 Å². The van der Waals surface area contributed by atoms with Crippen LogP contribution in [0.4, 0.5) is 11.4 Å². The molecule has 1 aromatic heterocycles. The lowest BCUT2D eigenvalue weighted by Gasteiger charge is -2.24. The molecule has 7 nitrogen and oxygen atoms in total. The summed E-state index contributed by atoms with van der Waals surface area (Å²) in [5.41, 5.74) is 8.48. The van der Waals surface area contributed by atoms with Crippen LogP contribution >= 0.6 is 0 Å². The zero-order valence-corrected chi connectivity index (χ0v) is 26.9. The van der Waals surface area contributed by atoms with E-state index in [0.717, 1.165) is 31.7 Å². The van der Waals surface area contributed by atoms with Gasteiger partial charge in [-0.3, -0.25) is 13.9 Å². The molecule has 3 heterocycles. The van der Waals surface area contributed by atoms with Crippen LogP contribution in [0.25, 0.3) is 5.57 Å². The minimum atomic E-state index is -0.561. The predicted molar refractivity (Wildman–Crippen MR) is 178 cm³/mol. The van der Waals surface area contributed by atoms with Gasteiger partial charge in [0.05, 0.1) is 5.41 Å². The lowest BCUT2D eigenvalue weighted by Crippen LogP contribution is -2.38. The highest BCUT2D eigenvalue weighted by Crippen LogP contribution is 2.47. The third-order valence-electron chi connectivity index (χ3n) is 9.96. The van der Waals surface area contributed by atoms with Crippen LogP contribution in [0.5, 0.6) is 5.88 Å². The van der Waals surface area contributed by atoms with E-state index in [9.17, 15) is 14.7 Å². The van der Waals surface area contributed by atoms with E-state index in [0.29, 0.717) is 18.4 Å². The Morgan fingerprint density at radius 1 is 0.818 bits per heavy atom. The highest BCUT2D eigenvalue weighted by atomic mass is 16.3. The van der Waals surface area contributed by atoms with Crippen LogP contribution in [0.15, 0.2) is 99.3 Å². The third kappa shape index (κ3) is 4.20. The summed E-state index contributed by atoms with van der Waals surface area (Å²) in [5, 5.41) is 11.3. The van der Waals surface area contributed by atoms with Crippen molar-refractivity contribution in [2.75, 3.05) is 19.0 Å². The second-order valence-electron chi connectivity index (χ2n) is 13.2. The topological polar surface area (TPSA) is 70.5 Å². The van der Waals surface area contributed by atoms with E-state index in [4.69, 9.17) is 0 Å². The summed E-state index contributed by atoms with van der Waals surface area (Å²) in [4.78, 5) is 28.5. The molecule has 2 aromatic carbocycles. The SMILES string of the molecule is CN1/C(=C/C=C2CCC(C=CC3=[N+](C)c4ccccc4C3(C)C)=C2c2c(O)n(C)c(=O)n(C)c2=O)C(C)(C)c2ccccc21. The summed E-state index contributed by atoms with van der Waals surface area (Å²) in [6.07, 6.45) is 9.88. The van der Waals surface area contributed by atoms with E-state index in [-0.39, 0.29) is 22.3 Å². The molecule has 0 spiro atoms. The van der Waals surface area contributed by atoms with Gasteiger partial charge in [0.25, 0.3) is 5.56 Å². The molecule has 3 aromatic rings. The van der Waals surface area contributed by atoms with Crippen molar-refractivity contribution in [1.29, 1.82) is 0 Å². The van der Waals surface area contributed by atoms with Crippen LogP contribution in [0.2, 0.25) is 0 Å². The minimum absolute atomic E-state index is 0.158. The Hall–Kier alpha value is -4.65. The molecule has 0 amide bonds. The zero-order chi connectivity index (χ0) is 31.7. The van der Waals surface area contributed by atoms with Gasteiger partial charge in [-0.1, -0.05) is 62.4 Å². The first-order valence-electron chi connectivity index (χ1n) is 15.1. The van der Waals surface area contributed by atoms with Crippen molar-refractivity contribution < 1.29 is 9.68 Å². The maximum Gasteiger partial charge on any atom is 0.333 e. The number of benzene rings is 2. The van der Waals surface area contributed by atoms with Gasteiger partial charge in [0.2, 0.25) is 11.6 Å². The molecule has 0 bridgehead atoms. The molecule has 44 heavy (non-hydrogen) atoms. The summed E-state index contributed by atoms with van der Waals surface area (Å²) in [7, 11) is 7.12. The van der Waals surface area contributed by atoms with E-state index < -0.39 is 11.2 Å². The standard InChI is InChI=1S/C37H40N4O3/c1-36(2)25-13-9-11-15-27(25)38(5)29(36)21-19-23-17-18-24(31(23)32-33(42)40(7)35(44)41(8)34(32)43)20-22-30-37(3,4)26-14-10-12-16-28(26)39(30)6/h9-16,19-22H,17-18H2,1-8H3/p+1/b23-19?,29-21+. The van der Waals surface area contributed by atoms with Crippen molar-refractivity contribution in [3.63, 3.8) is 0 Å². The van der Waals surface area contributed by atoms with Gasteiger partial charge in [0.15, 0.2) is 5.71 Å². The number of fused-ring (bicyclic) bond motifs is 2. The summed E-state index contributed by atoms with van der Waals surface area (Å²) in [6.45, 7) is 8.90. The van der Waals surface area contributed by atoms with Crippen LogP contribution in [-0.2, 0) is 24.9 Å². The van der Waals surface area contributed by atoms with E-state index in [2.05, 4.69) is 124 Å². The van der Waals surface area contributed by atoms with Crippen LogP contribution in [0.1, 0.15) is 57.2 Å². The van der Waals surface area contributed by atoms with Crippen LogP contribution in [0, 0.1) is 0 Å². The quantitative estimate of drug-likeness (QED) is 0.389. The van der Waals surface area contributed by atoms with Gasteiger partial charge < -0.3 is 10.0 Å². The highest BCUT2D eigenvalue weighted by Gasteiger charge is 2.43. The smallest absolute Gasteiger partial charge is 0.333 e. The molecular weight excluding hydrogens is 548 g/mol. The molecule has 1 aliphatic carbocycles. The average Bonchev–Trinajstić information content (AvgIpc) is 3.55. The number of rotatable bonds is 4. The van der Waals surface area contributed by atoms with Crippen LogP contribution in [-0.4, -0.2) is 38.6 Å². The van der Waals surface area contributed by atoms with Gasteiger partial charge in [-0.05, 0) is 61.1 Å². The average molecular weight is 590 g/mol. The minimum Gasteiger partial charge on any atom is -0.494 e. The Labute approximate surface area is 258 Å². The van der Waals surface area contributed by atoms with Crippen molar-refractivity contribution in [3.05, 3.63) is 127 Å². The van der Waals surface area contributed by atoms with Crippen molar-refractivity contribution in [2.24, 2.45) is 14.1 Å². The summed E-state index contributed by atoms with van der Waals surface area (Å²) in [5.74, 6) is -0.316. The van der Waals surface area contributed by atoms with Crippen molar-refractivity contribution in [3.8, 4) is 5.88 Å². The second-order valence-corrected chi connectivity index (χ2v) is 13.2. The summed E-state index contributed by atoms with van der Waals surface area (Å²) < 4.78 is 4.44. The number of nitrogens with zero attached hydrogens (tertiary/aromatic N) is 4. The molecule has 1 N–H and O–H groups in total. The molecule has 7 heteroatoms. The maximum absolute atomic E-state index is 13.6. The van der Waals surface area contributed by atoms with Gasteiger partial charge in [-0.2, -0.15) is 4.58 Å². The fourth-order valence-electron chi connectivity index (χ4n) is 7.39. The number of aromatic hydroxyl groups is 1. The monoisotopic (exact) mass is 589 g/mol. The zero-order valence-electron chi connectivity index (χ0n) is 26.9.